The first-order chi connectivity index (χ1) is 14.2. The van der Waals surface area contributed by atoms with Crippen LogP contribution in [0.2, 0.25) is 0 Å². The topological polar surface area (TPSA) is 107 Å². The molecule has 8 nitrogen and oxygen atoms in total. The van der Waals surface area contributed by atoms with Crippen molar-refractivity contribution in [2.45, 2.75) is 31.6 Å². The van der Waals surface area contributed by atoms with Gasteiger partial charge in [0.1, 0.15) is 10.5 Å². The van der Waals surface area contributed by atoms with Gasteiger partial charge < -0.3 is 8.92 Å². The summed E-state index contributed by atoms with van der Waals surface area (Å²) >= 11 is 0. The molecular weight excluding hydrogens is 410 g/mol. The summed E-state index contributed by atoms with van der Waals surface area (Å²) < 4.78 is 35.7. The number of hydrogen-bond donors (Lipinski definition) is 0. The summed E-state index contributed by atoms with van der Waals surface area (Å²) in [5.74, 6) is -2.07. The summed E-state index contributed by atoms with van der Waals surface area (Å²) in [4.78, 5) is 37.2. The van der Waals surface area contributed by atoms with Gasteiger partial charge in [-0.1, -0.05) is 24.3 Å². The SMILES string of the molecule is Cc1ccc(C)c(S(=O)(=O)Oc2ccccc2C(=O)OCC(=O)N2CCCC2=O)c1. The summed E-state index contributed by atoms with van der Waals surface area (Å²) in [6.45, 7) is 3.07. The Balaban J connectivity index is 1.77. The maximum Gasteiger partial charge on any atom is 0.342 e. The first kappa shape index (κ1) is 21.5. The third-order valence-corrected chi connectivity index (χ3v) is 6.00. The normalized spacial score (nSPS) is 13.9. The summed E-state index contributed by atoms with van der Waals surface area (Å²) in [6, 6.07) is 10.6. The van der Waals surface area contributed by atoms with Crippen molar-refractivity contribution in [3.63, 3.8) is 0 Å². The van der Waals surface area contributed by atoms with Gasteiger partial charge in [-0.2, -0.15) is 8.42 Å². The van der Waals surface area contributed by atoms with Gasteiger partial charge in [0.25, 0.3) is 5.91 Å². The lowest BCUT2D eigenvalue weighted by molar-refractivity contribution is -0.143. The van der Waals surface area contributed by atoms with Crippen molar-refractivity contribution in [2.75, 3.05) is 13.2 Å². The predicted octanol–water partition coefficient (Wildman–Crippen LogP) is 2.38. The van der Waals surface area contributed by atoms with Crippen molar-refractivity contribution < 1.29 is 31.7 Å². The molecule has 0 unspecified atom stereocenters. The second kappa shape index (κ2) is 8.66. The van der Waals surface area contributed by atoms with Gasteiger partial charge in [-0.15, -0.1) is 0 Å². The largest absolute Gasteiger partial charge is 0.452 e. The van der Waals surface area contributed by atoms with Gasteiger partial charge >= 0.3 is 16.1 Å². The highest BCUT2D eigenvalue weighted by molar-refractivity contribution is 7.87. The Bertz CT molecular complexity index is 1110. The number of carbonyl (C=O) groups is 3. The minimum Gasteiger partial charge on any atom is -0.452 e. The molecule has 2 aromatic carbocycles. The zero-order valence-electron chi connectivity index (χ0n) is 16.6. The molecule has 0 saturated carbocycles. The molecule has 0 aliphatic carbocycles. The number of rotatable bonds is 6. The van der Waals surface area contributed by atoms with Gasteiger partial charge in [0.05, 0.1) is 0 Å². The van der Waals surface area contributed by atoms with Crippen LogP contribution in [0.3, 0.4) is 0 Å². The molecule has 1 aliphatic heterocycles. The van der Waals surface area contributed by atoms with E-state index in [0.717, 1.165) is 10.5 Å². The number of carbonyl (C=O) groups excluding carboxylic acids is 3. The molecule has 1 heterocycles. The number of imide groups is 1. The molecule has 2 amide bonds. The Morgan fingerprint density at radius 3 is 2.53 bits per heavy atom. The molecular formula is C21H21NO7S. The molecule has 1 saturated heterocycles. The molecule has 1 fully saturated rings. The van der Waals surface area contributed by atoms with Gasteiger partial charge in [-0.3, -0.25) is 14.5 Å². The van der Waals surface area contributed by atoms with E-state index in [4.69, 9.17) is 8.92 Å². The van der Waals surface area contributed by atoms with E-state index in [9.17, 15) is 22.8 Å². The molecule has 1 aliphatic rings. The van der Waals surface area contributed by atoms with Crippen molar-refractivity contribution in [1.82, 2.24) is 4.90 Å². The Morgan fingerprint density at radius 2 is 1.83 bits per heavy atom. The number of benzene rings is 2. The highest BCUT2D eigenvalue weighted by Gasteiger charge is 2.28. The van der Waals surface area contributed by atoms with E-state index in [2.05, 4.69) is 0 Å². The van der Waals surface area contributed by atoms with E-state index in [-0.39, 0.29) is 28.5 Å². The first-order valence-corrected chi connectivity index (χ1v) is 10.7. The summed E-state index contributed by atoms with van der Waals surface area (Å²) in [7, 11) is -4.20. The quantitative estimate of drug-likeness (QED) is 0.510. The van der Waals surface area contributed by atoms with Crippen LogP contribution in [-0.4, -0.2) is 44.3 Å². The number of amides is 2. The van der Waals surface area contributed by atoms with Crippen molar-refractivity contribution in [3.8, 4) is 5.75 Å². The lowest BCUT2D eigenvalue weighted by atomic mass is 10.2. The highest BCUT2D eigenvalue weighted by atomic mass is 32.2. The molecule has 0 N–H and O–H groups in total. The van der Waals surface area contributed by atoms with Gasteiger partial charge in [-0.05, 0) is 49.6 Å². The number of nitrogens with zero attached hydrogens (tertiary/aromatic N) is 1. The zero-order chi connectivity index (χ0) is 21.9. The van der Waals surface area contributed by atoms with Crippen molar-refractivity contribution >= 4 is 27.9 Å². The van der Waals surface area contributed by atoms with Crippen LogP contribution in [0.15, 0.2) is 47.4 Å². The Hall–Kier alpha value is -3.20. The van der Waals surface area contributed by atoms with Crippen LogP contribution in [0.25, 0.3) is 0 Å². The fourth-order valence-electron chi connectivity index (χ4n) is 3.04. The number of likely N-dealkylation sites (tertiary alicyclic amines) is 1. The lowest BCUT2D eigenvalue weighted by Crippen LogP contribution is -2.35. The molecule has 0 bridgehead atoms. The number of hydrogen-bond acceptors (Lipinski definition) is 7. The maximum absolute atomic E-state index is 12.8. The van der Waals surface area contributed by atoms with Crippen LogP contribution in [0.1, 0.15) is 34.3 Å². The van der Waals surface area contributed by atoms with Crippen LogP contribution in [0, 0.1) is 13.8 Å². The third-order valence-electron chi connectivity index (χ3n) is 4.62. The molecule has 0 aromatic heterocycles. The molecule has 9 heteroatoms. The average molecular weight is 431 g/mol. The molecule has 0 radical (unpaired) electrons. The predicted molar refractivity (Wildman–Crippen MR) is 106 cm³/mol. The van der Waals surface area contributed by atoms with E-state index in [1.807, 2.05) is 0 Å². The molecule has 3 rings (SSSR count). The number of esters is 1. The number of para-hydroxylation sites is 1. The Morgan fingerprint density at radius 1 is 1.10 bits per heavy atom. The van der Waals surface area contributed by atoms with Crippen LogP contribution >= 0.6 is 0 Å². The van der Waals surface area contributed by atoms with E-state index < -0.39 is 28.6 Å². The monoisotopic (exact) mass is 431 g/mol. The van der Waals surface area contributed by atoms with Crippen LogP contribution in [0.5, 0.6) is 5.75 Å². The second-order valence-electron chi connectivity index (χ2n) is 6.92. The van der Waals surface area contributed by atoms with Gasteiger partial charge in [0, 0.05) is 13.0 Å². The highest BCUT2D eigenvalue weighted by Crippen LogP contribution is 2.26. The lowest BCUT2D eigenvalue weighted by Gasteiger charge is -2.15. The number of aryl methyl sites for hydroxylation is 2. The van der Waals surface area contributed by atoms with E-state index in [1.54, 1.807) is 26.0 Å². The molecule has 30 heavy (non-hydrogen) atoms. The Labute approximate surface area is 174 Å². The Kier molecular flexibility index (Phi) is 6.21. The fraction of sp³-hybridized carbons (Fsp3) is 0.286. The van der Waals surface area contributed by atoms with Crippen LogP contribution in [-0.2, 0) is 24.4 Å². The van der Waals surface area contributed by atoms with E-state index >= 15 is 0 Å². The van der Waals surface area contributed by atoms with Crippen molar-refractivity contribution in [1.29, 1.82) is 0 Å². The summed E-state index contributed by atoms with van der Waals surface area (Å²) in [5, 5.41) is 0. The average Bonchev–Trinajstić information content (AvgIpc) is 3.13. The van der Waals surface area contributed by atoms with E-state index in [1.165, 1.54) is 30.3 Å². The van der Waals surface area contributed by atoms with Crippen LogP contribution in [0.4, 0.5) is 0 Å². The molecule has 0 atom stereocenters. The molecule has 158 valence electrons. The fourth-order valence-corrected chi connectivity index (χ4v) is 4.31. The van der Waals surface area contributed by atoms with Crippen LogP contribution < -0.4 is 4.18 Å². The molecule has 2 aromatic rings. The minimum atomic E-state index is -4.20. The van der Waals surface area contributed by atoms with Gasteiger partial charge in [-0.25, -0.2) is 4.79 Å². The number of ether oxygens (including phenoxy) is 1. The van der Waals surface area contributed by atoms with Crippen molar-refractivity contribution in [3.05, 3.63) is 59.2 Å². The van der Waals surface area contributed by atoms with E-state index in [0.29, 0.717) is 18.5 Å². The van der Waals surface area contributed by atoms with Gasteiger partial charge in [0.15, 0.2) is 12.4 Å². The summed E-state index contributed by atoms with van der Waals surface area (Å²) in [5.41, 5.74) is 1.10. The maximum atomic E-state index is 12.8. The first-order valence-electron chi connectivity index (χ1n) is 9.30. The smallest absolute Gasteiger partial charge is 0.342 e. The third kappa shape index (κ3) is 4.68. The standard InChI is InChI=1S/C21H21NO7S/c1-14-9-10-15(2)18(12-14)30(26,27)29-17-7-4-3-6-16(17)21(25)28-13-20(24)22-11-5-8-19(22)23/h3-4,6-7,9-10,12H,5,8,11,13H2,1-2H3. The molecule has 0 spiro atoms. The van der Waals surface area contributed by atoms with Crippen molar-refractivity contribution in [2.24, 2.45) is 0 Å². The van der Waals surface area contributed by atoms with Gasteiger partial charge in [0.2, 0.25) is 5.91 Å². The second-order valence-corrected chi connectivity index (χ2v) is 8.44. The zero-order valence-corrected chi connectivity index (χ0v) is 17.4. The summed E-state index contributed by atoms with van der Waals surface area (Å²) in [6.07, 6.45) is 0.859. The minimum absolute atomic E-state index is 0.00612.